The van der Waals surface area contributed by atoms with E-state index in [4.69, 9.17) is 4.74 Å². The summed E-state index contributed by atoms with van der Waals surface area (Å²) in [5, 5.41) is 15.7. The third kappa shape index (κ3) is 6.02. The predicted octanol–water partition coefficient (Wildman–Crippen LogP) is 1.38. The van der Waals surface area contributed by atoms with E-state index in [1.165, 1.54) is 7.11 Å². The molecule has 1 heterocycles. The number of rotatable bonds is 7. The average molecular weight is 374 g/mol. The van der Waals surface area contributed by atoms with Crippen LogP contribution in [-0.2, 0) is 11.3 Å². The molecule has 0 radical (unpaired) electrons. The van der Waals surface area contributed by atoms with Crippen molar-refractivity contribution in [3.05, 3.63) is 21.0 Å². The number of aliphatic hydroxyl groups is 1. The molecule has 6 nitrogen and oxygen atoms in total. The Morgan fingerprint density at radius 3 is 2.81 bits per heavy atom. The van der Waals surface area contributed by atoms with E-state index < -0.39 is 24.4 Å². The average Bonchev–Trinajstić information content (AvgIpc) is 2.37. The van der Waals surface area contributed by atoms with Gasteiger partial charge in [0.2, 0.25) is 0 Å². The van der Waals surface area contributed by atoms with Crippen LogP contribution in [0.25, 0.3) is 0 Å². The number of methoxy groups -OCH3 is 1. The molecule has 0 aromatic carbocycles. The Bertz CT molecular complexity index is 522. The summed E-state index contributed by atoms with van der Waals surface area (Å²) >= 11 is 2.95. The van der Waals surface area contributed by atoms with Gasteiger partial charge in [-0.1, -0.05) is 0 Å². The lowest BCUT2D eigenvalue weighted by molar-refractivity contribution is -0.143. The van der Waals surface area contributed by atoms with Crippen LogP contribution in [0.1, 0.15) is 6.42 Å². The summed E-state index contributed by atoms with van der Waals surface area (Å²) in [6, 6.07) is 0. The van der Waals surface area contributed by atoms with Crippen molar-refractivity contribution in [3.63, 3.8) is 0 Å². The topological polar surface area (TPSA) is 76.4 Å². The van der Waals surface area contributed by atoms with Crippen LogP contribution in [0.5, 0.6) is 0 Å². The molecule has 2 N–H and O–H groups in total. The van der Waals surface area contributed by atoms with E-state index in [2.05, 4.69) is 26.3 Å². The second-order valence-corrected chi connectivity index (χ2v) is 5.07. The molecule has 0 fully saturated rings. The summed E-state index contributed by atoms with van der Waals surface area (Å²) in [4.78, 5) is 11.7. The number of halogens is 4. The first-order chi connectivity index (χ1) is 9.74. The Hall–Kier alpha value is -1.13. The maximum atomic E-state index is 12.2. The number of alkyl halides is 3. The van der Waals surface area contributed by atoms with Gasteiger partial charge in [-0.15, -0.1) is 0 Å². The molecule has 0 aliphatic heterocycles. The van der Waals surface area contributed by atoms with Crippen LogP contribution in [0.3, 0.4) is 0 Å². The van der Waals surface area contributed by atoms with E-state index in [-0.39, 0.29) is 16.8 Å². The minimum atomic E-state index is -4.52. The van der Waals surface area contributed by atoms with Crippen LogP contribution in [0.4, 0.5) is 18.9 Å². The number of nitrogens with one attached hydrogen (secondary N) is 1. The Morgan fingerprint density at radius 2 is 2.24 bits per heavy atom. The van der Waals surface area contributed by atoms with Gasteiger partial charge in [0.1, 0.15) is 11.0 Å². The molecule has 0 aliphatic rings. The van der Waals surface area contributed by atoms with Gasteiger partial charge in [0.05, 0.1) is 24.6 Å². The highest BCUT2D eigenvalue weighted by molar-refractivity contribution is 9.10. The van der Waals surface area contributed by atoms with Crippen LogP contribution in [0, 0.1) is 0 Å². The quantitative estimate of drug-likeness (QED) is 0.754. The number of aromatic nitrogens is 2. The van der Waals surface area contributed by atoms with Crippen LogP contribution in [0.2, 0.25) is 0 Å². The fraction of sp³-hybridized carbons (Fsp3) is 0.636. The summed E-state index contributed by atoms with van der Waals surface area (Å²) in [5.74, 6) is 0. The summed E-state index contributed by atoms with van der Waals surface area (Å²) in [6.07, 6.45) is -3.71. The van der Waals surface area contributed by atoms with E-state index >= 15 is 0 Å². The Labute approximate surface area is 127 Å². The lowest BCUT2D eigenvalue weighted by Crippen LogP contribution is -2.31. The van der Waals surface area contributed by atoms with E-state index in [0.29, 0.717) is 17.6 Å². The third-order valence-corrected chi connectivity index (χ3v) is 3.23. The summed E-state index contributed by atoms with van der Waals surface area (Å²) in [7, 11) is 1.46. The van der Waals surface area contributed by atoms with Crippen molar-refractivity contribution >= 4 is 21.6 Å². The first-order valence-corrected chi connectivity index (χ1v) is 6.77. The van der Waals surface area contributed by atoms with Gasteiger partial charge in [-0.2, -0.15) is 18.3 Å². The van der Waals surface area contributed by atoms with Gasteiger partial charge in [-0.25, -0.2) is 4.68 Å². The van der Waals surface area contributed by atoms with Gasteiger partial charge in [-0.05, 0) is 22.4 Å². The van der Waals surface area contributed by atoms with E-state index in [1.807, 2.05) is 0 Å². The first kappa shape index (κ1) is 17.9. The number of anilines is 1. The Kier molecular flexibility index (Phi) is 6.62. The van der Waals surface area contributed by atoms with Crippen molar-refractivity contribution in [1.82, 2.24) is 9.78 Å². The fourth-order valence-electron chi connectivity index (χ4n) is 1.52. The van der Waals surface area contributed by atoms with Gasteiger partial charge in [0.15, 0.2) is 0 Å². The molecule has 1 atom stereocenters. The summed E-state index contributed by atoms with van der Waals surface area (Å²) in [5.41, 5.74) is -0.613. The molecule has 1 aromatic rings. The molecule has 0 bridgehead atoms. The monoisotopic (exact) mass is 373 g/mol. The number of hydrogen-bond donors (Lipinski definition) is 2. The van der Waals surface area contributed by atoms with Crippen molar-refractivity contribution < 1.29 is 23.0 Å². The second-order valence-electron chi connectivity index (χ2n) is 4.27. The smallest absolute Gasteiger partial charge is 0.391 e. The molecule has 0 aliphatic carbocycles. The van der Waals surface area contributed by atoms with E-state index in [9.17, 15) is 23.1 Å². The normalized spacial score (nSPS) is 13.2. The molecular weight excluding hydrogens is 359 g/mol. The van der Waals surface area contributed by atoms with Crippen molar-refractivity contribution in [2.75, 3.05) is 25.6 Å². The summed E-state index contributed by atoms with van der Waals surface area (Å²) < 4.78 is 41.8. The van der Waals surface area contributed by atoms with Gasteiger partial charge in [0.25, 0.3) is 5.56 Å². The molecule has 10 heteroatoms. The predicted molar refractivity (Wildman–Crippen MR) is 73.2 cm³/mol. The lowest BCUT2D eigenvalue weighted by atomic mass is 10.2. The molecule has 0 saturated carbocycles. The van der Waals surface area contributed by atoms with Crippen LogP contribution >= 0.6 is 15.9 Å². The zero-order valence-electron chi connectivity index (χ0n) is 11.2. The minimum absolute atomic E-state index is 0.0389. The molecule has 1 unspecified atom stereocenters. The van der Waals surface area contributed by atoms with Gasteiger partial charge >= 0.3 is 6.18 Å². The molecule has 21 heavy (non-hydrogen) atoms. The lowest BCUT2D eigenvalue weighted by Gasteiger charge is -2.13. The largest absolute Gasteiger partial charge is 0.408 e. The maximum Gasteiger partial charge on any atom is 0.408 e. The van der Waals surface area contributed by atoms with Crippen molar-refractivity contribution in [2.45, 2.75) is 25.2 Å². The fourth-order valence-corrected chi connectivity index (χ4v) is 1.97. The molecular formula is C11H15BrF3N3O3. The van der Waals surface area contributed by atoms with Gasteiger partial charge in [-0.3, -0.25) is 4.79 Å². The first-order valence-electron chi connectivity index (χ1n) is 5.98. The highest BCUT2D eigenvalue weighted by Crippen LogP contribution is 2.19. The molecule has 1 rings (SSSR count). The van der Waals surface area contributed by atoms with E-state index in [0.717, 1.165) is 6.20 Å². The van der Waals surface area contributed by atoms with Crippen molar-refractivity contribution in [3.8, 4) is 0 Å². The minimum Gasteiger partial charge on any atom is -0.391 e. The van der Waals surface area contributed by atoms with Crippen molar-refractivity contribution in [1.29, 1.82) is 0 Å². The number of ether oxygens (including phenoxy) is 1. The highest BCUT2D eigenvalue weighted by Gasteiger charge is 2.29. The zero-order chi connectivity index (χ0) is 16.0. The highest BCUT2D eigenvalue weighted by atomic mass is 79.9. The van der Waals surface area contributed by atoms with Gasteiger partial charge in [0, 0.05) is 13.7 Å². The van der Waals surface area contributed by atoms with E-state index in [1.54, 1.807) is 0 Å². The third-order valence-electron chi connectivity index (χ3n) is 2.47. The zero-order valence-corrected chi connectivity index (χ0v) is 12.7. The number of hydrogen-bond acceptors (Lipinski definition) is 5. The second kappa shape index (κ2) is 7.76. The summed E-state index contributed by atoms with van der Waals surface area (Å²) in [6.45, 7) is -0.959. The molecule has 120 valence electrons. The van der Waals surface area contributed by atoms with Gasteiger partial charge < -0.3 is 15.2 Å². The SMILES string of the molecule is COCC(O)CCNc1cnn(CC(F)(F)F)c(=O)c1Br. The molecule has 0 amide bonds. The maximum absolute atomic E-state index is 12.2. The Morgan fingerprint density at radius 1 is 1.57 bits per heavy atom. The van der Waals surface area contributed by atoms with Crippen LogP contribution in [0.15, 0.2) is 15.5 Å². The number of nitrogens with zero attached hydrogens (tertiary/aromatic N) is 2. The molecule has 0 saturated heterocycles. The Balaban J connectivity index is 2.70. The van der Waals surface area contributed by atoms with Crippen LogP contribution < -0.4 is 10.9 Å². The van der Waals surface area contributed by atoms with Crippen molar-refractivity contribution in [2.24, 2.45) is 0 Å². The molecule has 0 spiro atoms. The molecule has 1 aromatic heterocycles. The standard InChI is InChI=1S/C11H15BrF3N3O3/c1-21-5-7(19)2-3-16-8-4-17-18(6-11(13,14)15)10(20)9(8)12/h4,7,16,19H,2-3,5-6H2,1H3. The number of aliphatic hydroxyl groups excluding tert-OH is 1. The van der Waals surface area contributed by atoms with Crippen LogP contribution in [-0.4, -0.2) is 47.4 Å².